The van der Waals surface area contributed by atoms with E-state index in [0.29, 0.717) is 10.9 Å². The summed E-state index contributed by atoms with van der Waals surface area (Å²) >= 11 is 3.04. The number of sulfonamides is 1. The zero-order valence-electron chi connectivity index (χ0n) is 11.1. The predicted molar refractivity (Wildman–Crippen MR) is 77.2 cm³/mol. The zero-order valence-corrected chi connectivity index (χ0v) is 13.5. The molecule has 0 saturated carbocycles. The third kappa shape index (κ3) is 4.27. The molecule has 0 saturated heterocycles. The average molecular weight is 366 g/mol. The number of aromatic carboxylic acids is 1. The Kier molecular flexibility index (Phi) is 5.31. The van der Waals surface area contributed by atoms with Crippen molar-refractivity contribution in [3.63, 3.8) is 0 Å². The first kappa shape index (κ1) is 17.1. The fourth-order valence-corrected chi connectivity index (χ4v) is 2.90. The number of carboxylic acid groups (broad SMARTS) is 1. The lowest BCUT2D eigenvalue weighted by atomic mass is 10.1. The standard InChI is InChI=1S/C12H16BrNO5S/c1-3-12(2,17)7-14-20(18,19)8-4-5-10(13)9(6-8)11(15)16/h4-6,14,17H,3,7H2,1-2H3,(H,15,16). The summed E-state index contributed by atoms with van der Waals surface area (Å²) in [6.45, 7) is 3.10. The Morgan fingerprint density at radius 3 is 2.55 bits per heavy atom. The van der Waals surface area contributed by atoms with Crippen molar-refractivity contribution in [1.29, 1.82) is 0 Å². The van der Waals surface area contributed by atoms with Gasteiger partial charge in [0.25, 0.3) is 0 Å². The van der Waals surface area contributed by atoms with Crippen molar-refractivity contribution in [3.05, 3.63) is 28.2 Å². The summed E-state index contributed by atoms with van der Waals surface area (Å²) < 4.78 is 26.7. The Bertz CT molecular complexity index is 612. The van der Waals surface area contributed by atoms with Crippen molar-refractivity contribution in [2.24, 2.45) is 0 Å². The highest BCUT2D eigenvalue weighted by Gasteiger charge is 2.23. The molecular weight excluding hydrogens is 350 g/mol. The number of halogens is 1. The highest BCUT2D eigenvalue weighted by molar-refractivity contribution is 9.10. The van der Waals surface area contributed by atoms with Crippen LogP contribution in [-0.4, -0.2) is 36.7 Å². The number of carboxylic acids is 1. The molecule has 0 aliphatic rings. The van der Waals surface area contributed by atoms with E-state index < -0.39 is 21.6 Å². The summed E-state index contributed by atoms with van der Waals surface area (Å²) in [4.78, 5) is 10.8. The van der Waals surface area contributed by atoms with E-state index in [1.807, 2.05) is 0 Å². The van der Waals surface area contributed by atoms with Gasteiger partial charge in [0.15, 0.2) is 0 Å². The molecule has 0 amide bonds. The summed E-state index contributed by atoms with van der Waals surface area (Å²) in [5, 5.41) is 18.8. The van der Waals surface area contributed by atoms with Gasteiger partial charge in [0.2, 0.25) is 10.0 Å². The van der Waals surface area contributed by atoms with Crippen molar-refractivity contribution in [3.8, 4) is 0 Å². The first-order valence-corrected chi connectivity index (χ1v) is 8.11. The molecule has 0 fully saturated rings. The van der Waals surface area contributed by atoms with Gasteiger partial charge < -0.3 is 10.2 Å². The molecule has 1 rings (SSSR count). The van der Waals surface area contributed by atoms with Gasteiger partial charge in [-0.1, -0.05) is 6.92 Å². The van der Waals surface area contributed by atoms with Crippen molar-refractivity contribution in [1.82, 2.24) is 4.72 Å². The maximum absolute atomic E-state index is 12.1. The minimum absolute atomic E-state index is 0.143. The van der Waals surface area contributed by atoms with E-state index in [0.717, 1.165) is 6.07 Å². The summed E-state index contributed by atoms with van der Waals surface area (Å²) in [6, 6.07) is 3.71. The SMILES string of the molecule is CCC(C)(O)CNS(=O)(=O)c1ccc(Br)c(C(=O)O)c1. The molecule has 0 heterocycles. The van der Waals surface area contributed by atoms with Crippen LogP contribution in [0.3, 0.4) is 0 Å². The molecule has 1 atom stereocenters. The lowest BCUT2D eigenvalue weighted by Crippen LogP contribution is -2.40. The maximum atomic E-state index is 12.1. The third-order valence-corrected chi connectivity index (χ3v) is 4.97. The lowest BCUT2D eigenvalue weighted by Gasteiger charge is -2.21. The van der Waals surface area contributed by atoms with E-state index in [1.54, 1.807) is 6.92 Å². The Hall–Kier alpha value is -0.960. The fraction of sp³-hybridized carbons (Fsp3) is 0.417. The van der Waals surface area contributed by atoms with Gasteiger partial charge in [0, 0.05) is 11.0 Å². The number of aliphatic hydroxyl groups is 1. The monoisotopic (exact) mass is 365 g/mol. The predicted octanol–water partition coefficient (Wildman–Crippen LogP) is 1.59. The third-order valence-electron chi connectivity index (χ3n) is 2.88. The largest absolute Gasteiger partial charge is 0.478 e. The van der Waals surface area contributed by atoms with E-state index in [9.17, 15) is 18.3 Å². The van der Waals surface area contributed by atoms with E-state index in [4.69, 9.17) is 5.11 Å². The Morgan fingerprint density at radius 2 is 2.05 bits per heavy atom. The smallest absolute Gasteiger partial charge is 0.336 e. The molecule has 3 N–H and O–H groups in total. The van der Waals surface area contributed by atoms with Crippen molar-refractivity contribution < 1.29 is 23.4 Å². The number of benzene rings is 1. The second-order valence-corrected chi connectivity index (χ2v) is 7.24. The molecule has 1 aromatic carbocycles. The van der Waals surface area contributed by atoms with Crippen LogP contribution in [0.2, 0.25) is 0 Å². The molecule has 112 valence electrons. The molecule has 0 aliphatic carbocycles. The fourth-order valence-electron chi connectivity index (χ4n) is 1.29. The quantitative estimate of drug-likeness (QED) is 0.709. The van der Waals surface area contributed by atoms with Gasteiger partial charge in [-0.05, 0) is 47.5 Å². The molecule has 0 bridgehead atoms. The van der Waals surface area contributed by atoms with Crippen LogP contribution in [0.25, 0.3) is 0 Å². The number of rotatable bonds is 6. The van der Waals surface area contributed by atoms with Gasteiger partial charge in [0.05, 0.1) is 16.1 Å². The van der Waals surface area contributed by atoms with Gasteiger partial charge in [-0.25, -0.2) is 17.9 Å². The normalized spacial score (nSPS) is 14.8. The molecule has 8 heteroatoms. The summed E-state index contributed by atoms with van der Waals surface area (Å²) in [7, 11) is -3.87. The van der Waals surface area contributed by atoms with Gasteiger partial charge in [-0.2, -0.15) is 0 Å². The van der Waals surface area contributed by atoms with Crippen molar-refractivity contribution in [2.75, 3.05) is 6.54 Å². The Labute approximate surface area is 126 Å². The molecule has 1 aromatic rings. The van der Waals surface area contributed by atoms with Crippen LogP contribution in [-0.2, 0) is 10.0 Å². The number of hydrogen-bond donors (Lipinski definition) is 3. The summed E-state index contributed by atoms with van der Waals surface area (Å²) in [6.07, 6.45) is 0.385. The number of nitrogens with one attached hydrogen (secondary N) is 1. The van der Waals surface area contributed by atoms with Crippen LogP contribution < -0.4 is 4.72 Å². The van der Waals surface area contributed by atoms with E-state index in [1.165, 1.54) is 19.1 Å². The van der Waals surface area contributed by atoms with Gasteiger partial charge >= 0.3 is 5.97 Å². The highest BCUT2D eigenvalue weighted by atomic mass is 79.9. The number of hydrogen-bond acceptors (Lipinski definition) is 4. The molecule has 0 aliphatic heterocycles. The Morgan fingerprint density at radius 1 is 1.45 bits per heavy atom. The lowest BCUT2D eigenvalue weighted by molar-refractivity contribution is 0.0613. The van der Waals surface area contributed by atoms with Crippen molar-refractivity contribution in [2.45, 2.75) is 30.8 Å². The molecule has 0 aromatic heterocycles. The molecule has 6 nitrogen and oxygen atoms in total. The molecular formula is C12H16BrNO5S. The summed E-state index contributed by atoms with van der Waals surface area (Å²) in [5.74, 6) is -1.23. The van der Waals surface area contributed by atoms with Gasteiger partial charge in [-0.3, -0.25) is 0 Å². The number of carbonyl (C=O) groups is 1. The first-order valence-electron chi connectivity index (χ1n) is 5.84. The van der Waals surface area contributed by atoms with Crippen LogP contribution in [0.1, 0.15) is 30.6 Å². The van der Waals surface area contributed by atoms with Crippen LogP contribution in [0.15, 0.2) is 27.6 Å². The molecule has 20 heavy (non-hydrogen) atoms. The molecule has 0 spiro atoms. The summed E-state index contributed by atoms with van der Waals surface area (Å²) in [5.41, 5.74) is -1.30. The van der Waals surface area contributed by atoms with E-state index in [2.05, 4.69) is 20.7 Å². The van der Waals surface area contributed by atoms with Crippen LogP contribution in [0, 0.1) is 0 Å². The zero-order chi connectivity index (χ0) is 15.6. The van der Waals surface area contributed by atoms with Crippen molar-refractivity contribution >= 4 is 31.9 Å². The second kappa shape index (κ2) is 6.21. The highest BCUT2D eigenvalue weighted by Crippen LogP contribution is 2.21. The van der Waals surface area contributed by atoms with E-state index in [-0.39, 0.29) is 17.0 Å². The van der Waals surface area contributed by atoms with Crippen LogP contribution in [0.4, 0.5) is 0 Å². The first-order chi connectivity index (χ1) is 9.09. The van der Waals surface area contributed by atoms with Gasteiger partial charge in [0.1, 0.15) is 0 Å². The van der Waals surface area contributed by atoms with E-state index >= 15 is 0 Å². The van der Waals surface area contributed by atoms with Gasteiger partial charge in [-0.15, -0.1) is 0 Å². The molecule has 0 radical (unpaired) electrons. The Balaban J connectivity index is 3.05. The minimum Gasteiger partial charge on any atom is -0.478 e. The van der Waals surface area contributed by atoms with Crippen LogP contribution in [0.5, 0.6) is 0 Å². The van der Waals surface area contributed by atoms with Crippen LogP contribution >= 0.6 is 15.9 Å². The average Bonchev–Trinajstić information content (AvgIpc) is 2.36. The molecule has 1 unspecified atom stereocenters. The topological polar surface area (TPSA) is 104 Å². The minimum atomic E-state index is -3.87. The second-order valence-electron chi connectivity index (χ2n) is 4.62. The maximum Gasteiger partial charge on any atom is 0.336 e.